The van der Waals surface area contributed by atoms with Crippen molar-refractivity contribution >= 4 is 55.8 Å². The fourth-order valence-electron chi connectivity index (χ4n) is 9.85. The first-order chi connectivity index (χ1) is 35.6. The number of nitrogens with one attached hydrogen (secondary N) is 2. The van der Waals surface area contributed by atoms with E-state index in [9.17, 15) is 4.79 Å². The standard InChI is InChI=1S/C59H73FN6O7Si2/c1-40(2)53(67)65-55-63-51(61-9)49-52(64-55)66(39-62-49)54-48(60)50(73-74(12,13)56(3,4)5)58(72-54,38-71-75(57(6,7)8,46-25-19-15-20-26-46)47-27-21-16-22-28-47)37-70-59(41-23-17-14-18-24-41,42-29-33-44(68-10)34-30-42)43-31-35-45(69-11)36-32-43/h14-36,39-40,48,50,54H,37-38H2,1-13H3,(H2,61,63,64,65,67)/t48-,50+,54-,58-/m1/s1. The van der Waals surface area contributed by atoms with Gasteiger partial charge in [0.1, 0.15) is 28.8 Å². The minimum atomic E-state index is -3.39. The van der Waals surface area contributed by atoms with E-state index in [4.69, 9.17) is 37.8 Å². The van der Waals surface area contributed by atoms with E-state index in [-0.39, 0.29) is 41.7 Å². The van der Waals surface area contributed by atoms with Gasteiger partial charge < -0.3 is 33.1 Å². The van der Waals surface area contributed by atoms with Crippen LogP contribution >= 0.6 is 0 Å². The van der Waals surface area contributed by atoms with Gasteiger partial charge in [0.25, 0.3) is 8.32 Å². The summed E-state index contributed by atoms with van der Waals surface area (Å²) in [6.07, 6.45) is -3.02. The van der Waals surface area contributed by atoms with Gasteiger partial charge >= 0.3 is 0 Å². The van der Waals surface area contributed by atoms with Crippen LogP contribution in [-0.4, -0.2) is 94.4 Å². The maximum absolute atomic E-state index is 19.1. The fraction of sp³-hybridized carbons (Fsp3) is 0.390. The van der Waals surface area contributed by atoms with E-state index in [1.807, 2.05) is 115 Å². The van der Waals surface area contributed by atoms with E-state index >= 15 is 4.39 Å². The zero-order valence-corrected chi connectivity index (χ0v) is 47.6. The third-order valence-corrected chi connectivity index (χ3v) is 24.4. The number of benzene rings is 5. The molecule has 75 heavy (non-hydrogen) atoms. The van der Waals surface area contributed by atoms with Crippen molar-refractivity contribution in [2.24, 2.45) is 5.92 Å². The van der Waals surface area contributed by atoms with Crippen molar-refractivity contribution in [1.82, 2.24) is 19.5 Å². The number of carbonyl (C=O) groups excluding carboxylic acids is 1. The van der Waals surface area contributed by atoms with Crippen molar-refractivity contribution in [3.8, 4) is 11.5 Å². The summed E-state index contributed by atoms with van der Waals surface area (Å²) in [6.45, 7) is 20.4. The third-order valence-electron chi connectivity index (χ3n) is 15.0. The van der Waals surface area contributed by atoms with Crippen molar-refractivity contribution in [3.63, 3.8) is 0 Å². The Balaban J connectivity index is 1.41. The molecule has 396 valence electrons. The lowest BCUT2D eigenvalue weighted by Crippen LogP contribution is -2.69. The molecular weight excluding hydrogens is 980 g/mol. The molecule has 8 rings (SSSR count). The molecule has 13 nitrogen and oxygen atoms in total. The molecule has 16 heteroatoms. The van der Waals surface area contributed by atoms with Crippen LogP contribution in [0.3, 0.4) is 0 Å². The molecule has 1 saturated heterocycles. The number of imidazole rings is 1. The first kappa shape index (κ1) is 55.0. The van der Waals surface area contributed by atoms with Crippen LogP contribution in [0.2, 0.25) is 23.2 Å². The maximum atomic E-state index is 19.1. The Bertz CT molecular complexity index is 2940. The largest absolute Gasteiger partial charge is 0.497 e. The number of anilines is 2. The van der Waals surface area contributed by atoms with Gasteiger partial charge in [-0.25, -0.2) is 9.37 Å². The molecular formula is C59H73FN6O7Si2. The predicted molar refractivity (Wildman–Crippen MR) is 300 cm³/mol. The number of fused-ring (bicyclic) bond motifs is 1. The zero-order chi connectivity index (χ0) is 54.0. The number of methoxy groups -OCH3 is 2. The van der Waals surface area contributed by atoms with Crippen LogP contribution in [0.15, 0.2) is 146 Å². The number of amides is 1. The van der Waals surface area contributed by atoms with Gasteiger partial charge in [-0.2, -0.15) is 9.97 Å². The molecule has 2 N–H and O–H groups in total. The summed E-state index contributed by atoms with van der Waals surface area (Å²) >= 11 is 0. The van der Waals surface area contributed by atoms with Crippen molar-refractivity contribution in [2.45, 2.75) is 108 Å². The number of rotatable bonds is 19. The molecule has 5 aromatic carbocycles. The highest BCUT2D eigenvalue weighted by Gasteiger charge is 2.63. The normalized spacial score (nSPS) is 18.6. The molecule has 2 aromatic heterocycles. The van der Waals surface area contributed by atoms with Crippen LogP contribution in [0.25, 0.3) is 11.2 Å². The van der Waals surface area contributed by atoms with Gasteiger partial charge in [0.05, 0.1) is 33.8 Å². The van der Waals surface area contributed by atoms with Crippen LogP contribution in [0.5, 0.6) is 11.5 Å². The zero-order valence-electron chi connectivity index (χ0n) is 45.6. The SMILES string of the molecule is CNc1nc(NC(=O)C(C)C)nc2c1ncn2[C@@H]1O[C@](COC(c2ccccc2)(c2ccc(OC)cc2)c2ccc(OC)cc2)(CO[Si](c2ccccc2)(c2ccccc2)C(C)(C)C)[C@@H](O[Si](C)(C)C(C)(C)C)[C@H]1F. The molecule has 3 heterocycles. The number of aromatic nitrogens is 4. The fourth-order valence-corrected chi connectivity index (χ4v) is 15.8. The molecule has 1 aliphatic heterocycles. The first-order valence-corrected chi connectivity index (χ1v) is 30.4. The lowest BCUT2D eigenvalue weighted by atomic mass is 9.79. The van der Waals surface area contributed by atoms with Gasteiger partial charge in [-0.3, -0.25) is 14.7 Å². The maximum Gasteiger partial charge on any atom is 0.261 e. The van der Waals surface area contributed by atoms with E-state index in [2.05, 4.69) is 94.5 Å². The first-order valence-electron chi connectivity index (χ1n) is 25.6. The summed E-state index contributed by atoms with van der Waals surface area (Å²) in [7, 11) is -1.32. The number of alkyl halides is 1. The summed E-state index contributed by atoms with van der Waals surface area (Å²) in [5.74, 6) is 1.07. The second kappa shape index (κ2) is 21.8. The highest BCUT2D eigenvalue weighted by Crippen LogP contribution is 2.51. The van der Waals surface area contributed by atoms with E-state index in [0.717, 1.165) is 27.1 Å². The number of hydrogen-bond acceptors (Lipinski definition) is 11. The van der Waals surface area contributed by atoms with E-state index < -0.39 is 51.4 Å². The number of nitrogens with zero attached hydrogens (tertiary/aromatic N) is 4. The monoisotopic (exact) mass is 1050 g/mol. The highest BCUT2D eigenvalue weighted by molar-refractivity contribution is 6.99. The number of halogens is 1. The minimum Gasteiger partial charge on any atom is -0.497 e. The lowest BCUT2D eigenvalue weighted by molar-refractivity contribution is -0.172. The minimum absolute atomic E-state index is 0.0334. The molecule has 0 aliphatic carbocycles. The highest BCUT2D eigenvalue weighted by atomic mass is 28.4. The van der Waals surface area contributed by atoms with Crippen LogP contribution in [-0.2, 0) is 28.7 Å². The molecule has 0 spiro atoms. The van der Waals surface area contributed by atoms with Gasteiger partial charge in [0, 0.05) is 13.0 Å². The molecule has 7 aromatic rings. The second-order valence-corrected chi connectivity index (χ2v) is 31.2. The average molecular weight is 1050 g/mol. The van der Waals surface area contributed by atoms with E-state index in [0.29, 0.717) is 22.8 Å². The predicted octanol–water partition coefficient (Wildman–Crippen LogP) is 11.1. The van der Waals surface area contributed by atoms with Crippen LogP contribution in [0.1, 0.15) is 78.3 Å². The molecule has 1 fully saturated rings. The molecule has 0 radical (unpaired) electrons. The van der Waals surface area contributed by atoms with Gasteiger partial charge in [0.2, 0.25) is 11.9 Å². The van der Waals surface area contributed by atoms with Crippen LogP contribution < -0.4 is 30.5 Å². The summed E-state index contributed by atoms with van der Waals surface area (Å²) in [4.78, 5) is 27.3. The summed E-state index contributed by atoms with van der Waals surface area (Å²) in [5, 5.41) is 7.17. The van der Waals surface area contributed by atoms with Gasteiger partial charge in [-0.15, -0.1) is 0 Å². The molecule has 0 saturated carbocycles. The van der Waals surface area contributed by atoms with Gasteiger partial charge in [0.15, 0.2) is 37.7 Å². The van der Waals surface area contributed by atoms with Crippen LogP contribution in [0.4, 0.5) is 16.2 Å². The van der Waals surface area contributed by atoms with Crippen molar-refractivity contribution < 1.29 is 37.0 Å². The Morgan fingerprint density at radius 2 is 1.24 bits per heavy atom. The quantitative estimate of drug-likeness (QED) is 0.0591. The second-order valence-electron chi connectivity index (χ2n) is 22.2. The average Bonchev–Trinajstić information content (AvgIpc) is 3.94. The topological polar surface area (TPSA) is 140 Å². The molecule has 1 amide bonds. The number of hydrogen-bond donors (Lipinski definition) is 2. The van der Waals surface area contributed by atoms with Crippen molar-refractivity contribution in [3.05, 3.63) is 163 Å². The molecule has 0 unspecified atom stereocenters. The Hall–Kier alpha value is -6.28. The van der Waals surface area contributed by atoms with E-state index in [1.54, 1.807) is 39.7 Å². The third kappa shape index (κ3) is 10.5. The molecule has 4 atom stereocenters. The van der Waals surface area contributed by atoms with Gasteiger partial charge in [-0.05, 0) is 74.5 Å². The smallest absolute Gasteiger partial charge is 0.261 e. The Morgan fingerprint density at radius 3 is 1.71 bits per heavy atom. The van der Waals surface area contributed by atoms with E-state index in [1.165, 1.54) is 6.33 Å². The summed E-state index contributed by atoms with van der Waals surface area (Å²) in [5.41, 5.74) is -0.0735. The Morgan fingerprint density at radius 1 is 0.733 bits per heavy atom. The van der Waals surface area contributed by atoms with Crippen LogP contribution in [0, 0.1) is 5.92 Å². The lowest BCUT2D eigenvalue weighted by Gasteiger charge is -2.48. The number of carbonyl (C=O) groups is 1. The molecule has 0 bridgehead atoms. The summed E-state index contributed by atoms with van der Waals surface area (Å²) < 4.78 is 62.9. The van der Waals surface area contributed by atoms with Crippen molar-refractivity contribution in [1.29, 1.82) is 0 Å². The number of ether oxygens (including phenoxy) is 4. The van der Waals surface area contributed by atoms with Gasteiger partial charge in [-0.1, -0.05) is 171 Å². The van der Waals surface area contributed by atoms with Crippen molar-refractivity contribution in [2.75, 3.05) is 45.1 Å². The summed E-state index contributed by atoms with van der Waals surface area (Å²) in [6, 6.07) is 46.3. The molecule has 1 aliphatic rings. The Kier molecular flexibility index (Phi) is 15.9. The Labute approximate surface area is 443 Å².